The third-order valence-electron chi connectivity index (χ3n) is 9.94. The lowest BCUT2D eigenvalue weighted by atomic mass is 10.0. The van der Waals surface area contributed by atoms with Gasteiger partial charge in [0.2, 0.25) is 5.75 Å². The largest absolute Gasteiger partial charge is 0.489 e. The molecule has 55 heavy (non-hydrogen) atoms. The van der Waals surface area contributed by atoms with Crippen LogP contribution in [0, 0.1) is 0 Å². The molecule has 0 saturated heterocycles. The van der Waals surface area contributed by atoms with Crippen LogP contribution in [0.25, 0.3) is 0 Å². The van der Waals surface area contributed by atoms with Gasteiger partial charge < -0.3 is 23.4 Å². The molecule has 0 heterocycles. The van der Waals surface area contributed by atoms with Crippen LogP contribution in [0.4, 0.5) is 0 Å². The van der Waals surface area contributed by atoms with Crippen LogP contribution in [0.1, 0.15) is 85.5 Å². The lowest BCUT2D eigenvalue weighted by Crippen LogP contribution is -2.40. The molecule has 0 unspecified atom stereocenters. The fourth-order valence-electron chi connectivity index (χ4n) is 5.61. The van der Waals surface area contributed by atoms with E-state index < -0.39 is 8.32 Å². The molecular formula is C48H56O6Si. The van der Waals surface area contributed by atoms with Crippen LogP contribution in [-0.4, -0.2) is 14.1 Å². The van der Waals surface area contributed by atoms with Gasteiger partial charge in [-0.05, 0) is 83.9 Å². The van der Waals surface area contributed by atoms with Gasteiger partial charge in [-0.3, -0.25) is 4.79 Å². The summed E-state index contributed by atoms with van der Waals surface area (Å²) in [6.07, 6.45) is 6.04. The van der Waals surface area contributed by atoms with Crippen molar-refractivity contribution in [1.29, 1.82) is 0 Å². The van der Waals surface area contributed by atoms with E-state index in [0.717, 1.165) is 47.9 Å². The van der Waals surface area contributed by atoms with Crippen LogP contribution >= 0.6 is 0 Å². The standard InChI is InChI=1S/C48H56O6Si/c1-7-8-9-10-20-27-44(49)41-30-45(51-34-38-23-16-12-17-24-38)47(46(31-41)52-35-39-25-18-13-19-26-39)54-43-29-40(36-53-55(5,6)48(2,3)4)28-42(32-43)50-33-37-21-14-11-15-22-37/h7,11-19,21-26,28-32H,1,8-10,20,27,33-36H2,2-6H3. The Kier molecular flexibility index (Phi) is 14.9. The molecule has 0 bridgehead atoms. The summed E-state index contributed by atoms with van der Waals surface area (Å²) in [7, 11) is -2.06. The summed E-state index contributed by atoms with van der Waals surface area (Å²) in [6, 6.07) is 39.4. The molecule has 0 radical (unpaired) electrons. The van der Waals surface area contributed by atoms with Gasteiger partial charge in [-0.1, -0.05) is 124 Å². The van der Waals surface area contributed by atoms with E-state index in [2.05, 4.69) is 40.4 Å². The third kappa shape index (κ3) is 12.7. The van der Waals surface area contributed by atoms with Crippen molar-refractivity contribution >= 4 is 14.1 Å². The van der Waals surface area contributed by atoms with Crippen LogP contribution in [0.5, 0.6) is 28.7 Å². The van der Waals surface area contributed by atoms with Crippen molar-refractivity contribution in [2.75, 3.05) is 0 Å². The van der Waals surface area contributed by atoms with Gasteiger partial charge in [0.15, 0.2) is 25.6 Å². The molecule has 5 rings (SSSR count). The highest BCUT2D eigenvalue weighted by atomic mass is 28.4. The molecule has 0 amide bonds. The molecule has 0 aliphatic heterocycles. The van der Waals surface area contributed by atoms with E-state index in [4.69, 9.17) is 23.4 Å². The van der Waals surface area contributed by atoms with Crippen LogP contribution < -0.4 is 18.9 Å². The Balaban J connectivity index is 1.54. The summed E-state index contributed by atoms with van der Waals surface area (Å²) in [5, 5.41) is 0.0501. The number of unbranched alkanes of at least 4 members (excludes halogenated alkanes) is 3. The Morgan fingerprint density at radius 2 is 1.13 bits per heavy atom. The van der Waals surface area contributed by atoms with Crippen LogP contribution in [-0.2, 0) is 30.9 Å². The Morgan fingerprint density at radius 3 is 1.64 bits per heavy atom. The topological polar surface area (TPSA) is 63.2 Å². The monoisotopic (exact) mass is 756 g/mol. The average Bonchev–Trinajstić information content (AvgIpc) is 3.19. The zero-order valence-corrected chi connectivity index (χ0v) is 34.1. The first-order valence-corrected chi connectivity index (χ1v) is 22.2. The maximum atomic E-state index is 13.7. The highest BCUT2D eigenvalue weighted by molar-refractivity contribution is 6.74. The van der Waals surface area contributed by atoms with Crippen molar-refractivity contribution in [3.63, 3.8) is 0 Å². The predicted molar refractivity (Wildman–Crippen MR) is 225 cm³/mol. The molecule has 7 heteroatoms. The number of benzene rings is 5. The van der Waals surface area contributed by atoms with Crippen molar-refractivity contribution in [2.24, 2.45) is 0 Å². The summed E-state index contributed by atoms with van der Waals surface area (Å²) >= 11 is 0. The van der Waals surface area contributed by atoms with Crippen molar-refractivity contribution in [3.8, 4) is 28.7 Å². The van der Waals surface area contributed by atoms with Crippen molar-refractivity contribution in [3.05, 3.63) is 162 Å². The fourth-order valence-corrected chi connectivity index (χ4v) is 6.57. The number of allylic oxidation sites excluding steroid dienone is 1. The lowest BCUT2D eigenvalue weighted by molar-refractivity contribution is 0.0978. The number of ketones is 1. The minimum Gasteiger partial charge on any atom is -0.489 e. The highest BCUT2D eigenvalue weighted by Gasteiger charge is 2.37. The number of rotatable bonds is 21. The number of carbonyl (C=O) groups excluding carboxylic acids is 1. The van der Waals surface area contributed by atoms with Crippen LogP contribution in [0.2, 0.25) is 18.1 Å². The zero-order chi connectivity index (χ0) is 39.1. The number of hydrogen-bond acceptors (Lipinski definition) is 6. The maximum Gasteiger partial charge on any atom is 0.211 e. The molecule has 5 aromatic carbocycles. The minimum absolute atomic E-state index is 0.0284. The quantitative estimate of drug-likeness (QED) is 0.0321. The first kappa shape index (κ1) is 41.1. The fraction of sp³-hybridized carbons (Fsp3) is 0.312. The van der Waals surface area contributed by atoms with E-state index in [1.165, 1.54) is 0 Å². The van der Waals surface area contributed by atoms with Gasteiger partial charge in [-0.25, -0.2) is 0 Å². The Hall–Kier alpha value is -5.11. The van der Waals surface area contributed by atoms with Gasteiger partial charge >= 0.3 is 0 Å². The second-order valence-corrected chi connectivity index (χ2v) is 20.2. The third-order valence-corrected chi connectivity index (χ3v) is 14.4. The van der Waals surface area contributed by atoms with Gasteiger partial charge in [0, 0.05) is 18.1 Å². The predicted octanol–water partition coefficient (Wildman–Crippen LogP) is 13.1. The number of hydrogen-bond donors (Lipinski definition) is 0. The number of Topliss-reactive ketones (excluding diaryl/α,β-unsaturated/α-hetero) is 1. The van der Waals surface area contributed by atoms with E-state index in [-0.39, 0.29) is 24.0 Å². The molecule has 0 aliphatic rings. The SMILES string of the molecule is C=CCCCCCC(=O)c1cc(OCc2ccccc2)c(Oc2cc(CO[Si](C)(C)C(C)(C)C)cc(OCc3ccccc3)c2)c(OCc2ccccc2)c1. The summed E-state index contributed by atoms with van der Waals surface area (Å²) < 4.78 is 32.9. The van der Waals surface area contributed by atoms with Crippen LogP contribution in [0.15, 0.2) is 134 Å². The lowest BCUT2D eigenvalue weighted by Gasteiger charge is -2.36. The summed E-state index contributed by atoms with van der Waals surface area (Å²) in [4.78, 5) is 13.7. The first-order chi connectivity index (χ1) is 26.5. The second-order valence-electron chi connectivity index (χ2n) is 15.4. The van der Waals surface area contributed by atoms with E-state index in [1.807, 2.05) is 115 Å². The molecule has 6 nitrogen and oxygen atoms in total. The summed E-state index contributed by atoms with van der Waals surface area (Å²) in [6.45, 7) is 16.4. The zero-order valence-electron chi connectivity index (χ0n) is 33.1. The highest BCUT2D eigenvalue weighted by Crippen LogP contribution is 2.44. The minimum atomic E-state index is -2.06. The van der Waals surface area contributed by atoms with Crippen molar-refractivity contribution < 1.29 is 28.2 Å². The van der Waals surface area contributed by atoms with E-state index in [1.54, 1.807) is 12.1 Å². The van der Waals surface area contributed by atoms with Gasteiger partial charge in [-0.2, -0.15) is 0 Å². The molecular weight excluding hydrogens is 701 g/mol. The molecule has 0 aliphatic carbocycles. The van der Waals surface area contributed by atoms with Gasteiger partial charge in [-0.15, -0.1) is 6.58 Å². The Morgan fingerprint density at radius 1 is 0.618 bits per heavy atom. The van der Waals surface area contributed by atoms with E-state index in [0.29, 0.717) is 53.9 Å². The molecule has 0 atom stereocenters. The smallest absolute Gasteiger partial charge is 0.211 e. The normalized spacial score (nSPS) is 11.5. The Bertz CT molecular complexity index is 1890. The second kappa shape index (κ2) is 20.0. The summed E-state index contributed by atoms with van der Waals surface area (Å²) in [5.41, 5.74) is 4.47. The number of ether oxygens (including phenoxy) is 4. The molecule has 288 valence electrons. The molecule has 0 fully saturated rings. The molecule has 0 spiro atoms. The van der Waals surface area contributed by atoms with E-state index in [9.17, 15) is 4.79 Å². The average molecular weight is 757 g/mol. The molecule has 0 aromatic heterocycles. The van der Waals surface area contributed by atoms with Gasteiger partial charge in [0.05, 0.1) is 6.61 Å². The molecule has 5 aromatic rings. The Labute approximate surface area is 329 Å². The van der Waals surface area contributed by atoms with Gasteiger partial charge in [0.25, 0.3) is 0 Å². The molecule has 0 N–H and O–H groups in total. The molecule has 0 saturated carbocycles. The number of carbonyl (C=O) groups is 1. The van der Waals surface area contributed by atoms with Crippen LogP contribution in [0.3, 0.4) is 0 Å². The van der Waals surface area contributed by atoms with Crippen molar-refractivity contribution in [2.45, 2.75) is 97.4 Å². The van der Waals surface area contributed by atoms with Gasteiger partial charge in [0.1, 0.15) is 31.3 Å². The van der Waals surface area contributed by atoms with Crippen molar-refractivity contribution in [1.82, 2.24) is 0 Å². The first-order valence-electron chi connectivity index (χ1n) is 19.3. The van der Waals surface area contributed by atoms with E-state index >= 15 is 0 Å². The maximum absolute atomic E-state index is 13.7. The summed E-state index contributed by atoms with van der Waals surface area (Å²) in [5.74, 6) is 2.43.